The zero-order chi connectivity index (χ0) is 45.8. The molecule has 0 heterocycles. The molecule has 0 saturated carbocycles. The second-order valence-corrected chi connectivity index (χ2v) is 13.2. The maximum atomic E-state index is 10.5. The Balaban J connectivity index is 0.000000233. The predicted molar refractivity (Wildman–Crippen MR) is 213 cm³/mol. The van der Waals surface area contributed by atoms with Crippen LogP contribution in [0.25, 0.3) is 108 Å². The largest absolute Gasteiger partial charge is 1.00 e. The van der Waals surface area contributed by atoms with Crippen LogP contribution in [-0.4, -0.2) is 24.3 Å². The number of hydrogen-bond acceptors (Lipinski definition) is 4. The van der Waals surface area contributed by atoms with Crippen LogP contribution in [-0.2, 0) is 67.2 Å². The molecule has 12 aromatic carbocycles. The van der Waals surface area contributed by atoms with Gasteiger partial charge in [-0.05, 0) is 108 Å². The number of benzene rings is 10. The zero-order valence-electron chi connectivity index (χ0n) is 31.8. The third-order valence-electron chi connectivity index (χ3n) is 10.3. The fourth-order valence-corrected chi connectivity index (χ4v) is 8.15. The van der Waals surface area contributed by atoms with Crippen LogP contribution in [0, 0.1) is 26.6 Å². The molecule has 0 fully saturated rings. The van der Waals surface area contributed by atoms with Crippen LogP contribution in [0.15, 0.2) is 121 Å². The average molecular weight is 1040 g/mol. The third kappa shape index (κ3) is 8.99. The van der Waals surface area contributed by atoms with Gasteiger partial charge in [0, 0.05) is 0 Å². The summed E-state index contributed by atoms with van der Waals surface area (Å²) in [7, 11) is 0. The molecule has 0 amide bonds. The number of hydrogen-bond donors (Lipinski definition) is 0. The Morgan fingerprint density at radius 3 is 0.406 bits per heavy atom. The number of aliphatic carboxylic acids is 2. The fraction of sp³-hybridized carbons (Fsp3) is 0.0417. The first-order chi connectivity index (χ1) is 29.7. The fourth-order valence-electron chi connectivity index (χ4n) is 8.15. The van der Waals surface area contributed by atoms with Crippen molar-refractivity contribution >= 4 is 120 Å². The molecule has 0 saturated heterocycles. The van der Waals surface area contributed by atoms with E-state index in [9.17, 15) is 26.3 Å². The second-order valence-electron chi connectivity index (χ2n) is 13.2. The topological polar surface area (TPSA) is 160 Å². The first kappa shape index (κ1) is 51.9. The Labute approximate surface area is 381 Å². The van der Waals surface area contributed by atoms with E-state index in [2.05, 4.69) is 148 Å². The number of carbonyl (C=O) groups is 2. The summed E-state index contributed by atoms with van der Waals surface area (Å²) in [5.41, 5.74) is 0. The Hall–Kier alpha value is -6.47. The van der Waals surface area contributed by atoms with E-state index in [-0.39, 0.29) is 39.0 Å². The average Bonchev–Trinajstić information content (AvgIpc) is 3.86. The van der Waals surface area contributed by atoms with Crippen LogP contribution >= 0.6 is 0 Å². The molecule has 64 heavy (non-hydrogen) atoms. The summed E-state index contributed by atoms with van der Waals surface area (Å²) in [5, 5.41) is 45.8. The van der Waals surface area contributed by atoms with Gasteiger partial charge in [-0.15, -0.1) is 0 Å². The summed E-state index contributed by atoms with van der Waals surface area (Å²) >= 11 is 0. The van der Waals surface area contributed by atoms with Crippen molar-refractivity contribution in [1.82, 2.24) is 0 Å². The van der Waals surface area contributed by atoms with E-state index in [1.807, 2.05) is 0 Å². The number of carboxylic acids is 2. The molecule has 0 bridgehead atoms. The maximum absolute atomic E-state index is 10.5. The minimum atomic E-state index is -5.19. The molecule has 2 radical (unpaired) electrons. The van der Waals surface area contributed by atoms with Gasteiger partial charge in [0.2, 0.25) is 0 Å². The molecular weight excluding hydrogens is 1020 g/mol. The molecule has 0 spiro atoms. The Morgan fingerprint density at radius 1 is 0.297 bits per heavy atom. The molecule has 0 unspecified atom stereocenters. The molecule has 16 heteroatoms. The summed E-state index contributed by atoms with van der Waals surface area (Å²) in [6.45, 7) is 18.0. The standard InChI is InChI=1S/2C20H10.2C2HF3O2.4CO.2Ru/c2*1-2-12-5-6-14-9-10-15-8-7-13-4-3-11(1)16-17(12)19(14)20(15)18(13)16;2*3-2(4,5)1(6)7;4*1-2;;/h2*1-10H;2*(H,6,7);;;;;;/q;;;;;;;;2*+1/p-2. The molecule has 12 rings (SSSR count). The van der Waals surface area contributed by atoms with Gasteiger partial charge in [0.25, 0.3) is 0 Å². The van der Waals surface area contributed by atoms with Crippen molar-refractivity contribution in [3.8, 4) is 0 Å². The first-order valence-corrected chi connectivity index (χ1v) is 17.4. The monoisotopic (exact) mass is 1040 g/mol. The SMILES string of the molecule is O=C([O-])C(F)(F)F.O=C([O-])C(F)(F)F.[C-]#[O+].[C-]#[O+].[C-]#[O+].[C-]#[O+].[Ru+].[Ru+].c1cc2ccc3ccc4ccc5ccc1c1c2c3c4c51.c1cc2ccc3ccc4ccc5ccc1c1c2c3c4c51. The van der Waals surface area contributed by atoms with Gasteiger partial charge < -0.3 is 19.8 Å². The van der Waals surface area contributed by atoms with Crippen LogP contribution in [0.4, 0.5) is 26.3 Å². The Bertz CT molecular complexity index is 2690. The molecule has 0 aliphatic heterocycles. The van der Waals surface area contributed by atoms with Gasteiger partial charge >= 0.3 is 96.5 Å². The van der Waals surface area contributed by atoms with E-state index in [1.54, 1.807) is 0 Å². The molecule has 0 atom stereocenters. The Kier molecular flexibility index (Phi) is 16.9. The summed E-state index contributed by atoms with van der Waals surface area (Å²) < 4.78 is 93.1. The molecule has 12 aromatic rings. The van der Waals surface area contributed by atoms with Crippen molar-refractivity contribution in [2.75, 3.05) is 0 Å². The summed E-state index contributed by atoms with van der Waals surface area (Å²) in [6.07, 6.45) is -10.4. The molecule has 0 N–H and O–H groups in total. The van der Waals surface area contributed by atoms with Crippen LogP contribution in [0.2, 0.25) is 0 Å². The summed E-state index contributed by atoms with van der Waals surface area (Å²) in [5.74, 6) is -6.01. The van der Waals surface area contributed by atoms with E-state index < -0.39 is 24.3 Å². The van der Waals surface area contributed by atoms with Gasteiger partial charge in [0.05, 0.1) is 0 Å². The van der Waals surface area contributed by atoms with E-state index in [4.69, 9.17) is 38.4 Å². The quantitative estimate of drug-likeness (QED) is 0.0487. The van der Waals surface area contributed by atoms with Crippen molar-refractivity contribution in [1.29, 1.82) is 0 Å². The van der Waals surface area contributed by atoms with Crippen LogP contribution < -0.4 is 10.2 Å². The van der Waals surface area contributed by atoms with Crippen molar-refractivity contribution in [3.63, 3.8) is 0 Å². The minimum absolute atomic E-state index is 0. The van der Waals surface area contributed by atoms with Gasteiger partial charge in [-0.25, -0.2) is 0 Å². The van der Waals surface area contributed by atoms with Crippen LogP contribution in [0.1, 0.15) is 0 Å². The first-order valence-electron chi connectivity index (χ1n) is 17.4. The smallest absolute Gasteiger partial charge is 0.0537 e. The van der Waals surface area contributed by atoms with Gasteiger partial charge in [-0.3, -0.25) is 0 Å². The minimum Gasteiger partial charge on any atom is -0.0537 e. The van der Waals surface area contributed by atoms with Gasteiger partial charge in [-0.2, -0.15) is 26.3 Å². The molecule has 318 valence electrons. The zero-order valence-corrected chi connectivity index (χ0v) is 35.3. The van der Waals surface area contributed by atoms with Gasteiger partial charge in [0.1, 0.15) is 11.9 Å². The van der Waals surface area contributed by atoms with Crippen LogP contribution in [0.5, 0.6) is 0 Å². The van der Waals surface area contributed by atoms with Gasteiger partial charge in [-0.1, -0.05) is 121 Å². The number of alkyl halides is 6. The Morgan fingerprint density at radius 2 is 0.359 bits per heavy atom. The number of carboxylic acid groups (broad SMARTS) is 2. The van der Waals surface area contributed by atoms with E-state index in [1.165, 1.54) is 108 Å². The van der Waals surface area contributed by atoms with E-state index in [0.29, 0.717) is 0 Å². The van der Waals surface area contributed by atoms with E-state index in [0.717, 1.165) is 0 Å². The molecule has 0 aliphatic carbocycles. The normalized spacial score (nSPS) is 10.7. The third-order valence-corrected chi connectivity index (χ3v) is 10.3. The number of rotatable bonds is 0. The maximum Gasteiger partial charge on any atom is 1.00 e. The summed E-state index contributed by atoms with van der Waals surface area (Å²) in [6, 6.07) is 45.2. The molecular formula is C48H20F6O8Ru2. The van der Waals surface area contributed by atoms with Crippen molar-refractivity contribution in [2.24, 2.45) is 0 Å². The predicted octanol–water partition coefficient (Wildman–Crippen LogP) is 9.97. The number of halogens is 6. The van der Waals surface area contributed by atoms with E-state index >= 15 is 0 Å². The van der Waals surface area contributed by atoms with Crippen LogP contribution in [0.3, 0.4) is 0 Å². The van der Waals surface area contributed by atoms with Crippen molar-refractivity contribution in [2.45, 2.75) is 12.4 Å². The van der Waals surface area contributed by atoms with Crippen molar-refractivity contribution in [3.05, 3.63) is 148 Å². The summed E-state index contributed by atoms with van der Waals surface area (Å²) in [4.78, 5) is 17.6. The van der Waals surface area contributed by atoms with Gasteiger partial charge in [0.15, 0.2) is 0 Å². The number of carbonyl (C=O) groups excluding carboxylic acids is 2. The second kappa shape index (κ2) is 20.8. The molecule has 0 aromatic heterocycles. The van der Waals surface area contributed by atoms with Crippen molar-refractivity contribution < 1.29 is 104 Å². The molecule has 0 aliphatic rings. The molecule has 8 nitrogen and oxygen atoms in total.